The fraction of sp³-hybridized carbons (Fsp3) is 0.300. The summed E-state index contributed by atoms with van der Waals surface area (Å²) in [6.07, 6.45) is -2.34. The largest absolute Gasteiger partial charge is 0.383 e. The maximum atomic E-state index is 14.5. The summed E-state index contributed by atoms with van der Waals surface area (Å²) in [5.74, 6) is -7.77. The summed E-state index contributed by atoms with van der Waals surface area (Å²) in [6.45, 7) is 0. The number of hydrogen-bond donors (Lipinski definition) is 2. The van der Waals surface area contributed by atoms with E-state index >= 15 is 0 Å². The molecule has 1 aliphatic carbocycles. The number of carbonyl (C=O) groups is 3. The van der Waals surface area contributed by atoms with E-state index in [9.17, 15) is 42.3 Å². The molecule has 3 amide bonds. The highest BCUT2D eigenvalue weighted by Gasteiger charge is 2.48. The standard InChI is InChI=1S/C30H24ClF4N5O4/c31-23-4-2-1-3-22(23)27(28(43)38-19-13-30(34,35)14-19)40(20-9-17(32)8-18(33)10-20)26(42)12-21-11-24(41)29(44)39(21)25-7-16(15-36)5-6-37-25/h1-10,19,21,24,27,41H,11-14H2,(H,38,43)/t21-,24-,27-/m0/s1. The molecule has 2 heterocycles. The van der Waals surface area contributed by atoms with E-state index in [1.54, 1.807) is 6.07 Å². The lowest BCUT2D eigenvalue weighted by Gasteiger charge is -2.38. The molecule has 1 aliphatic heterocycles. The molecule has 5 rings (SSSR count). The fourth-order valence-corrected chi connectivity index (χ4v) is 5.69. The van der Waals surface area contributed by atoms with Crippen LogP contribution in [-0.4, -0.2) is 51.9 Å². The zero-order chi connectivity index (χ0) is 31.8. The number of aliphatic hydroxyl groups is 1. The van der Waals surface area contributed by atoms with Crippen molar-refractivity contribution in [3.63, 3.8) is 0 Å². The number of hydrogen-bond acceptors (Lipinski definition) is 6. The second-order valence-electron chi connectivity index (χ2n) is 10.6. The van der Waals surface area contributed by atoms with Crippen LogP contribution in [0.15, 0.2) is 60.8 Å². The number of aromatic nitrogens is 1. The van der Waals surface area contributed by atoms with Crippen molar-refractivity contribution in [2.24, 2.45) is 0 Å². The molecule has 2 aromatic carbocycles. The third-order valence-electron chi connectivity index (χ3n) is 7.45. The van der Waals surface area contributed by atoms with Gasteiger partial charge < -0.3 is 10.4 Å². The smallest absolute Gasteiger partial charge is 0.257 e. The van der Waals surface area contributed by atoms with Crippen molar-refractivity contribution >= 4 is 40.8 Å². The van der Waals surface area contributed by atoms with Crippen LogP contribution in [0.1, 0.15) is 42.9 Å². The molecule has 2 aliphatic rings. The Morgan fingerprint density at radius 1 is 1.16 bits per heavy atom. The maximum absolute atomic E-state index is 14.5. The Morgan fingerprint density at radius 3 is 2.48 bits per heavy atom. The van der Waals surface area contributed by atoms with Gasteiger partial charge in [-0.05, 0) is 30.3 Å². The van der Waals surface area contributed by atoms with Crippen LogP contribution < -0.4 is 15.1 Å². The van der Waals surface area contributed by atoms with Gasteiger partial charge in [-0.3, -0.25) is 24.2 Å². The SMILES string of the molecule is N#Cc1ccnc(N2C(=O)[C@@H](O)C[C@H]2CC(=O)N(c2cc(F)cc(F)c2)[C@H](C(=O)NC2CC(F)(F)C2)c2ccccc2Cl)c1. The molecule has 44 heavy (non-hydrogen) atoms. The molecule has 3 aromatic rings. The second kappa shape index (κ2) is 12.2. The number of nitrogens with one attached hydrogen (secondary N) is 1. The molecule has 0 spiro atoms. The molecule has 0 unspecified atom stereocenters. The van der Waals surface area contributed by atoms with Crippen LogP contribution in [0.3, 0.4) is 0 Å². The minimum absolute atomic E-state index is 0.00637. The van der Waals surface area contributed by atoms with E-state index in [4.69, 9.17) is 11.6 Å². The highest BCUT2D eigenvalue weighted by Crippen LogP contribution is 2.39. The molecule has 1 saturated heterocycles. The van der Waals surface area contributed by atoms with E-state index in [-0.39, 0.29) is 34.1 Å². The van der Waals surface area contributed by atoms with E-state index < -0.39 is 78.8 Å². The minimum Gasteiger partial charge on any atom is -0.383 e. The first-order valence-electron chi connectivity index (χ1n) is 13.4. The second-order valence-corrected chi connectivity index (χ2v) is 11.0. The van der Waals surface area contributed by atoms with Crippen molar-refractivity contribution in [2.75, 3.05) is 9.80 Å². The Morgan fingerprint density at radius 2 is 1.84 bits per heavy atom. The van der Waals surface area contributed by atoms with E-state index in [1.807, 2.05) is 6.07 Å². The van der Waals surface area contributed by atoms with Crippen LogP contribution in [-0.2, 0) is 14.4 Å². The molecule has 2 fully saturated rings. The highest BCUT2D eigenvalue weighted by atomic mass is 35.5. The molecule has 1 saturated carbocycles. The normalized spacial score (nSPS) is 20.0. The third-order valence-corrected chi connectivity index (χ3v) is 7.80. The first-order valence-corrected chi connectivity index (χ1v) is 13.8. The van der Waals surface area contributed by atoms with Crippen molar-refractivity contribution in [3.05, 3.63) is 88.6 Å². The molecular weight excluding hydrogens is 606 g/mol. The number of aliphatic hydroxyl groups excluding tert-OH is 1. The monoisotopic (exact) mass is 629 g/mol. The van der Waals surface area contributed by atoms with E-state index in [1.165, 1.54) is 36.5 Å². The van der Waals surface area contributed by atoms with Crippen molar-refractivity contribution in [2.45, 2.75) is 55.8 Å². The number of alkyl halides is 2. The molecule has 14 heteroatoms. The van der Waals surface area contributed by atoms with Crippen molar-refractivity contribution in [1.82, 2.24) is 10.3 Å². The van der Waals surface area contributed by atoms with Gasteiger partial charge in [-0.1, -0.05) is 29.8 Å². The van der Waals surface area contributed by atoms with Crippen molar-refractivity contribution in [3.8, 4) is 6.07 Å². The van der Waals surface area contributed by atoms with Crippen LogP contribution in [0.25, 0.3) is 0 Å². The fourth-order valence-electron chi connectivity index (χ4n) is 5.45. The lowest BCUT2D eigenvalue weighted by atomic mass is 9.87. The molecular formula is C30H24ClF4N5O4. The molecule has 3 atom stereocenters. The van der Waals surface area contributed by atoms with Gasteiger partial charge in [0.1, 0.15) is 29.6 Å². The number of anilines is 2. The predicted molar refractivity (Wildman–Crippen MR) is 150 cm³/mol. The van der Waals surface area contributed by atoms with Gasteiger partial charge in [0.05, 0.1) is 23.4 Å². The zero-order valence-electron chi connectivity index (χ0n) is 22.8. The summed E-state index contributed by atoms with van der Waals surface area (Å²) in [5.41, 5.74) is -0.186. The Hall–Kier alpha value is -4.54. The Labute approximate surface area is 253 Å². The van der Waals surface area contributed by atoms with E-state index in [0.717, 1.165) is 21.9 Å². The number of amides is 3. The quantitative estimate of drug-likeness (QED) is 0.355. The maximum Gasteiger partial charge on any atom is 0.257 e. The van der Waals surface area contributed by atoms with Gasteiger partial charge in [-0.15, -0.1) is 0 Å². The molecule has 1 aromatic heterocycles. The van der Waals surface area contributed by atoms with Crippen LogP contribution in [0.5, 0.6) is 0 Å². The Kier molecular flexibility index (Phi) is 8.58. The van der Waals surface area contributed by atoms with Crippen LogP contribution >= 0.6 is 11.6 Å². The van der Waals surface area contributed by atoms with Crippen molar-refractivity contribution < 1.29 is 37.1 Å². The number of nitriles is 1. The average molecular weight is 630 g/mol. The number of halogens is 5. The van der Waals surface area contributed by atoms with Gasteiger partial charge >= 0.3 is 0 Å². The molecule has 0 radical (unpaired) electrons. The number of carbonyl (C=O) groups excluding carboxylic acids is 3. The topological polar surface area (TPSA) is 127 Å². The van der Waals surface area contributed by atoms with Gasteiger partial charge in [-0.2, -0.15) is 5.26 Å². The van der Waals surface area contributed by atoms with Gasteiger partial charge in [0.25, 0.3) is 11.8 Å². The third kappa shape index (κ3) is 6.36. The first kappa shape index (κ1) is 30.9. The predicted octanol–water partition coefficient (Wildman–Crippen LogP) is 4.43. The molecule has 9 nitrogen and oxygen atoms in total. The van der Waals surface area contributed by atoms with Gasteiger partial charge in [0.2, 0.25) is 11.8 Å². The number of nitrogens with zero attached hydrogens (tertiary/aromatic N) is 4. The van der Waals surface area contributed by atoms with Gasteiger partial charge in [0, 0.05) is 54.6 Å². The molecule has 228 valence electrons. The summed E-state index contributed by atoms with van der Waals surface area (Å²) >= 11 is 6.43. The average Bonchev–Trinajstić information content (AvgIpc) is 3.22. The van der Waals surface area contributed by atoms with Crippen molar-refractivity contribution in [1.29, 1.82) is 5.26 Å². The van der Waals surface area contributed by atoms with Crippen LogP contribution in [0.2, 0.25) is 5.02 Å². The number of rotatable bonds is 8. The summed E-state index contributed by atoms with van der Waals surface area (Å²) in [4.78, 5) is 46.8. The summed E-state index contributed by atoms with van der Waals surface area (Å²) in [7, 11) is 0. The summed E-state index contributed by atoms with van der Waals surface area (Å²) in [6, 6.07) is 9.03. The molecule has 2 N–H and O–H groups in total. The summed E-state index contributed by atoms with van der Waals surface area (Å²) in [5, 5.41) is 22.2. The van der Waals surface area contributed by atoms with Gasteiger partial charge in [-0.25, -0.2) is 22.5 Å². The number of benzene rings is 2. The van der Waals surface area contributed by atoms with E-state index in [0.29, 0.717) is 6.07 Å². The zero-order valence-corrected chi connectivity index (χ0v) is 23.5. The van der Waals surface area contributed by atoms with Gasteiger partial charge in [0.15, 0.2) is 0 Å². The summed E-state index contributed by atoms with van der Waals surface area (Å²) < 4.78 is 56.2. The first-order chi connectivity index (χ1) is 20.9. The highest BCUT2D eigenvalue weighted by molar-refractivity contribution is 6.31. The Balaban J connectivity index is 1.57. The van der Waals surface area contributed by atoms with E-state index in [2.05, 4.69) is 10.3 Å². The van der Waals surface area contributed by atoms with Crippen LogP contribution in [0, 0.1) is 23.0 Å². The molecule has 0 bridgehead atoms. The lowest BCUT2D eigenvalue weighted by Crippen LogP contribution is -2.54. The Bertz CT molecular complexity index is 1640. The number of pyridine rings is 1. The minimum atomic E-state index is -2.98. The van der Waals surface area contributed by atoms with Crippen LogP contribution in [0.4, 0.5) is 29.1 Å². The lowest BCUT2D eigenvalue weighted by molar-refractivity contribution is -0.133.